The van der Waals surface area contributed by atoms with E-state index in [-0.39, 0.29) is 16.7 Å². The normalized spacial score (nSPS) is 10.6. The maximum atomic E-state index is 13.1. The molecule has 0 bridgehead atoms. The Balaban J connectivity index is 1.67. The minimum Gasteiger partial charge on any atom is -0.450 e. The topological polar surface area (TPSA) is 85.6 Å². The minimum absolute atomic E-state index is 0.0101. The molecule has 9 heteroatoms. The third-order valence-electron chi connectivity index (χ3n) is 3.43. The summed E-state index contributed by atoms with van der Waals surface area (Å²) < 4.78 is 36.0. The van der Waals surface area contributed by atoms with Crippen molar-refractivity contribution in [3.05, 3.63) is 75.1 Å². The Hall–Kier alpha value is -3.26. The van der Waals surface area contributed by atoms with Crippen molar-refractivity contribution in [3.8, 4) is 0 Å². The van der Waals surface area contributed by atoms with E-state index >= 15 is 0 Å². The average molecular weight is 394 g/mol. The lowest BCUT2D eigenvalue weighted by molar-refractivity contribution is -0.119. The molecule has 138 valence electrons. The van der Waals surface area contributed by atoms with Gasteiger partial charge in [-0.2, -0.15) is 0 Å². The Morgan fingerprint density at radius 1 is 1.07 bits per heavy atom. The fourth-order valence-electron chi connectivity index (χ4n) is 2.20. The molecule has 0 saturated heterocycles. The van der Waals surface area contributed by atoms with Gasteiger partial charge in [0.15, 0.2) is 23.7 Å². The number of anilines is 1. The van der Waals surface area contributed by atoms with Crippen molar-refractivity contribution in [1.29, 1.82) is 0 Å². The van der Waals surface area contributed by atoms with E-state index < -0.39 is 41.3 Å². The molecule has 1 heterocycles. The van der Waals surface area contributed by atoms with E-state index in [9.17, 15) is 23.2 Å². The quantitative estimate of drug-likeness (QED) is 0.685. The van der Waals surface area contributed by atoms with Crippen LogP contribution in [0.15, 0.2) is 51.7 Å². The highest BCUT2D eigenvalue weighted by Crippen LogP contribution is 2.18. The van der Waals surface area contributed by atoms with Crippen LogP contribution in [0.1, 0.15) is 10.6 Å². The van der Waals surface area contributed by atoms with Crippen LogP contribution >= 0.6 is 11.6 Å². The number of rotatable bonds is 4. The van der Waals surface area contributed by atoms with Gasteiger partial charge in [0.1, 0.15) is 5.58 Å². The maximum absolute atomic E-state index is 13.1. The smallest absolute Gasteiger partial charge is 0.374 e. The molecule has 1 amide bonds. The van der Waals surface area contributed by atoms with Crippen molar-refractivity contribution in [2.75, 3.05) is 11.9 Å². The van der Waals surface area contributed by atoms with Gasteiger partial charge < -0.3 is 14.5 Å². The molecule has 27 heavy (non-hydrogen) atoms. The Bertz CT molecular complexity index is 1110. The summed E-state index contributed by atoms with van der Waals surface area (Å²) in [6.45, 7) is -0.722. The largest absolute Gasteiger partial charge is 0.450 e. The van der Waals surface area contributed by atoms with E-state index in [1.807, 2.05) is 0 Å². The molecule has 3 rings (SSSR count). The van der Waals surface area contributed by atoms with Crippen LogP contribution in [-0.4, -0.2) is 18.5 Å². The van der Waals surface area contributed by atoms with Gasteiger partial charge in [-0.1, -0.05) is 11.6 Å². The van der Waals surface area contributed by atoms with Crippen LogP contribution in [0.4, 0.5) is 14.5 Å². The molecule has 0 radical (unpaired) electrons. The van der Waals surface area contributed by atoms with Gasteiger partial charge in [-0.25, -0.2) is 13.6 Å². The van der Waals surface area contributed by atoms with Crippen molar-refractivity contribution >= 4 is 40.1 Å². The third kappa shape index (κ3) is 4.29. The van der Waals surface area contributed by atoms with Gasteiger partial charge in [0.25, 0.3) is 5.91 Å². The molecule has 0 aliphatic rings. The number of amides is 1. The van der Waals surface area contributed by atoms with E-state index in [1.54, 1.807) is 0 Å². The number of benzene rings is 2. The van der Waals surface area contributed by atoms with Crippen molar-refractivity contribution in [2.45, 2.75) is 0 Å². The number of hydrogen-bond acceptors (Lipinski definition) is 5. The number of esters is 1. The van der Waals surface area contributed by atoms with Crippen LogP contribution in [0.2, 0.25) is 5.02 Å². The highest BCUT2D eigenvalue weighted by atomic mass is 35.5. The van der Waals surface area contributed by atoms with Gasteiger partial charge in [0.05, 0.1) is 5.39 Å². The molecule has 2 aromatic carbocycles. The molecule has 0 unspecified atom stereocenters. The molecule has 6 nitrogen and oxygen atoms in total. The number of halogens is 3. The lowest BCUT2D eigenvalue weighted by Gasteiger charge is -2.07. The Kier molecular flexibility index (Phi) is 5.18. The number of carbonyl (C=O) groups excluding carboxylic acids is 2. The second kappa shape index (κ2) is 7.55. The number of nitrogens with one attached hydrogen (secondary N) is 1. The van der Waals surface area contributed by atoms with Crippen LogP contribution in [0.3, 0.4) is 0 Å². The number of ether oxygens (including phenoxy) is 1. The molecule has 1 N–H and O–H groups in total. The molecule has 0 saturated carbocycles. The Labute approximate surface area is 155 Å². The highest BCUT2D eigenvalue weighted by molar-refractivity contribution is 6.31. The van der Waals surface area contributed by atoms with E-state index in [0.29, 0.717) is 5.02 Å². The SMILES string of the molecule is O=C(COC(=O)c1cc(=O)c2cc(Cl)ccc2o1)Nc1ccc(F)c(F)c1. The predicted molar refractivity (Wildman–Crippen MR) is 92.8 cm³/mol. The summed E-state index contributed by atoms with van der Waals surface area (Å²) in [4.78, 5) is 35.8. The molecule has 0 fully saturated rings. The molecule has 0 atom stereocenters. The molecule has 0 aliphatic heterocycles. The van der Waals surface area contributed by atoms with Gasteiger partial charge in [-0.05, 0) is 30.3 Å². The van der Waals surface area contributed by atoms with Crippen molar-refractivity contribution in [3.63, 3.8) is 0 Å². The van der Waals surface area contributed by atoms with Gasteiger partial charge in [0, 0.05) is 22.8 Å². The van der Waals surface area contributed by atoms with Gasteiger partial charge in [-0.3, -0.25) is 9.59 Å². The predicted octanol–water partition coefficient (Wildman–Crippen LogP) is 3.52. The van der Waals surface area contributed by atoms with Crippen LogP contribution in [0.25, 0.3) is 11.0 Å². The average Bonchev–Trinajstić information content (AvgIpc) is 2.63. The lowest BCUT2D eigenvalue weighted by atomic mass is 10.2. The number of hydrogen-bond donors (Lipinski definition) is 1. The fraction of sp³-hybridized carbons (Fsp3) is 0.0556. The first-order valence-electron chi connectivity index (χ1n) is 7.49. The van der Waals surface area contributed by atoms with Crippen molar-refractivity contribution in [2.24, 2.45) is 0 Å². The maximum Gasteiger partial charge on any atom is 0.374 e. The Morgan fingerprint density at radius 3 is 2.59 bits per heavy atom. The summed E-state index contributed by atoms with van der Waals surface area (Å²) in [6.07, 6.45) is 0. The zero-order valence-corrected chi connectivity index (χ0v) is 14.2. The van der Waals surface area contributed by atoms with Crippen LogP contribution < -0.4 is 10.7 Å². The van der Waals surface area contributed by atoms with Crippen molar-refractivity contribution in [1.82, 2.24) is 0 Å². The van der Waals surface area contributed by atoms with Gasteiger partial charge in [-0.15, -0.1) is 0 Å². The van der Waals surface area contributed by atoms with Gasteiger partial charge in [0.2, 0.25) is 5.76 Å². The summed E-state index contributed by atoms with van der Waals surface area (Å²) in [5.41, 5.74) is -0.383. The highest BCUT2D eigenvalue weighted by Gasteiger charge is 2.16. The van der Waals surface area contributed by atoms with Crippen LogP contribution in [0.5, 0.6) is 0 Å². The van der Waals surface area contributed by atoms with E-state index in [4.69, 9.17) is 20.8 Å². The molecule has 0 aliphatic carbocycles. The second-order valence-corrected chi connectivity index (χ2v) is 5.81. The van der Waals surface area contributed by atoms with E-state index in [1.165, 1.54) is 18.2 Å². The summed E-state index contributed by atoms with van der Waals surface area (Å²) in [7, 11) is 0. The van der Waals surface area contributed by atoms with Crippen LogP contribution in [0, 0.1) is 11.6 Å². The Morgan fingerprint density at radius 2 is 1.85 bits per heavy atom. The van der Waals surface area contributed by atoms with Gasteiger partial charge >= 0.3 is 5.97 Å². The molecular weight excluding hydrogens is 384 g/mol. The summed E-state index contributed by atoms with van der Waals surface area (Å²) in [5.74, 6) is -4.42. The molecule has 1 aromatic heterocycles. The summed E-state index contributed by atoms with van der Waals surface area (Å²) >= 11 is 5.80. The molecular formula is C18H10ClF2NO5. The summed E-state index contributed by atoms with van der Waals surface area (Å²) in [5, 5.41) is 2.76. The monoisotopic (exact) mass is 393 g/mol. The first-order chi connectivity index (χ1) is 12.8. The second-order valence-electron chi connectivity index (χ2n) is 5.37. The summed E-state index contributed by atoms with van der Waals surface area (Å²) in [6, 6.07) is 7.99. The van der Waals surface area contributed by atoms with Crippen molar-refractivity contribution < 1.29 is 27.5 Å². The fourth-order valence-corrected chi connectivity index (χ4v) is 2.37. The third-order valence-corrected chi connectivity index (χ3v) is 3.66. The zero-order chi connectivity index (χ0) is 19.6. The standard InChI is InChI=1S/C18H10ClF2NO5/c19-9-1-4-15-11(5-9)14(23)7-16(27-15)18(25)26-8-17(24)22-10-2-3-12(20)13(21)6-10/h1-7H,8H2,(H,22,24). The first kappa shape index (κ1) is 18.5. The van der Waals surface area contributed by atoms with Crippen LogP contribution in [-0.2, 0) is 9.53 Å². The zero-order valence-electron chi connectivity index (χ0n) is 13.4. The number of fused-ring (bicyclic) bond motifs is 1. The molecule has 3 aromatic rings. The molecule has 0 spiro atoms. The first-order valence-corrected chi connectivity index (χ1v) is 7.87. The lowest BCUT2D eigenvalue weighted by Crippen LogP contribution is -2.21. The van der Waals surface area contributed by atoms with E-state index in [0.717, 1.165) is 24.3 Å². The van der Waals surface area contributed by atoms with E-state index in [2.05, 4.69) is 5.32 Å². The minimum atomic E-state index is -1.14. The number of carbonyl (C=O) groups is 2.